The molecule has 1 aliphatic carbocycles. The second kappa shape index (κ2) is 4.73. The van der Waals surface area contributed by atoms with Crippen LogP contribution in [-0.2, 0) is 4.74 Å². The molecule has 0 spiro atoms. The molecule has 0 N–H and O–H groups in total. The monoisotopic (exact) mass is 144 g/mol. The van der Waals surface area contributed by atoms with Crippen molar-refractivity contribution in [2.75, 3.05) is 13.2 Å². The van der Waals surface area contributed by atoms with E-state index in [-0.39, 0.29) is 1.43 Å². The summed E-state index contributed by atoms with van der Waals surface area (Å²) in [6.45, 7) is 3.97. The fraction of sp³-hybridized carbons (Fsp3) is 1.00. The molecule has 0 heterocycles. The molecule has 0 unspecified atom stereocenters. The van der Waals surface area contributed by atoms with Gasteiger partial charge in [-0.1, -0.05) is 19.3 Å². The van der Waals surface area contributed by atoms with E-state index in [1.807, 2.05) is 0 Å². The van der Waals surface area contributed by atoms with Gasteiger partial charge in [-0.05, 0) is 25.7 Å². The van der Waals surface area contributed by atoms with E-state index >= 15 is 0 Å². The average Bonchev–Trinajstić information content (AvgIpc) is 2.03. The SMILES string of the molecule is CCOCC1CCCCC1.[HH]. The average molecular weight is 144 g/mol. The van der Waals surface area contributed by atoms with Crippen molar-refractivity contribution in [2.45, 2.75) is 39.0 Å². The Hall–Kier alpha value is -0.0400. The Morgan fingerprint density at radius 3 is 2.60 bits per heavy atom. The number of hydrogen-bond acceptors (Lipinski definition) is 1. The second-order valence-corrected chi connectivity index (χ2v) is 3.16. The van der Waals surface area contributed by atoms with Crippen LogP contribution in [0.25, 0.3) is 0 Å². The minimum absolute atomic E-state index is 0. The first kappa shape index (κ1) is 8.06. The molecule has 1 heteroatoms. The predicted molar refractivity (Wildman–Crippen MR) is 45.2 cm³/mol. The lowest BCUT2D eigenvalue weighted by Gasteiger charge is -2.20. The topological polar surface area (TPSA) is 9.23 Å². The molecule has 1 fully saturated rings. The Bertz CT molecular complexity index is 79.6. The third-order valence-electron chi connectivity index (χ3n) is 2.28. The minimum atomic E-state index is 0. The van der Waals surface area contributed by atoms with Gasteiger partial charge in [-0.15, -0.1) is 0 Å². The van der Waals surface area contributed by atoms with Gasteiger partial charge in [-0.3, -0.25) is 0 Å². The van der Waals surface area contributed by atoms with Crippen molar-refractivity contribution in [1.29, 1.82) is 0 Å². The molecule has 0 aromatic carbocycles. The van der Waals surface area contributed by atoms with Crippen LogP contribution in [0.5, 0.6) is 0 Å². The number of ether oxygens (including phenoxy) is 1. The normalized spacial score (nSPS) is 21.3. The van der Waals surface area contributed by atoms with Crippen molar-refractivity contribution in [3.05, 3.63) is 0 Å². The lowest BCUT2D eigenvalue weighted by molar-refractivity contribution is 0.0949. The molecule has 0 amide bonds. The van der Waals surface area contributed by atoms with Crippen LogP contribution >= 0.6 is 0 Å². The van der Waals surface area contributed by atoms with Crippen LogP contribution in [0.4, 0.5) is 0 Å². The van der Waals surface area contributed by atoms with Gasteiger partial charge in [-0.25, -0.2) is 0 Å². The van der Waals surface area contributed by atoms with E-state index in [0.717, 1.165) is 19.1 Å². The van der Waals surface area contributed by atoms with Crippen LogP contribution in [0.15, 0.2) is 0 Å². The van der Waals surface area contributed by atoms with Gasteiger partial charge in [0.05, 0.1) is 0 Å². The molecule has 0 atom stereocenters. The Morgan fingerprint density at radius 1 is 1.30 bits per heavy atom. The van der Waals surface area contributed by atoms with E-state index in [1.54, 1.807) is 0 Å². The summed E-state index contributed by atoms with van der Waals surface area (Å²) in [6, 6.07) is 0. The molecule has 1 rings (SSSR count). The van der Waals surface area contributed by atoms with Gasteiger partial charge < -0.3 is 4.74 Å². The molecular formula is C9H20O. The molecule has 0 radical (unpaired) electrons. The summed E-state index contributed by atoms with van der Waals surface area (Å²) in [5, 5.41) is 0. The summed E-state index contributed by atoms with van der Waals surface area (Å²) in [4.78, 5) is 0. The standard InChI is InChI=1S/C9H18O.H2/c1-2-10-8-9-6-4-3-5-7-9;/h9H,2-8H2,1H3;1H. The summed E-state index contributed by atoms with van der Waals surface area (Å²) >= 11 is 0. The maximum atomic E-state index is 5.37. The van der Waals surface area contributed by atoms with Gasteiger partial charge >= 0.3 is 0 Å². The van der Waals surface area contributed by atoms with Gasteiger partial charge in [0.15, 0.2) is 0 Å². The highest BCUT2D eigenvalue weighted by Crippen LogP contribution is 2.23. The van der Waals surface area contributed by atoms with Crippen LogP contribution in [0.2, 0.25) is 0 Å². The molecule has 10 heavy (non-hydrogen) atoms. The Morgan fingerprint density at radius 2 is 2.00 bits per heavy atom. The number of hydrogen-bond donors (Lipinski definition) is 0. The van der Waals surface area contributed by atoms with Crippen LogP contribution < -0.4 is 0 Å². The molecule has 1 nitrogen and oxygen atoms in total. The van der Waals surface area contributed by atoms with E-state index < -0.39 is 0 Å². The molecule has 1 saturated carbocycles. The van der Waals surface area contributed by atoms with Crippen LogP contribution in [-0.4, -0.2) is 13.2 Å². The first-order chi connectivity index (χ1) is 4.93. The molecular weight excluding hydrogens is 124 g/mol. The maximum absolute atomic E-state index is 5.37. The highest BCUT2D eigenvalue weighted by atomic mass is 16.5. The zero-order valence-corrected chi connectivity index (χ0v) is 6.94. The van der Waals surface area contributed by atoms with E-state index in [9.17, 15) is 0 Å². The summed E-state index contributed by atoms with van der Waals surface area (Å²) in [5.41, 5.74) is 0. The summed E-state index contributed by atoms with van der Waals surface area (Å²) in [5.74, 6) is 0.883. The van der Waals surface area contributed by atoms with Crippen LogP contribution in [0.3, 0.4) is 0 Å². The first-order valence-electron chi connectivity index (χ1n) is 4.51. The summed E-state index contributed by atoms with van der Waals surface area (Å²) < 4.78 is 5.37. The molecule has 62 valence electrons. The highest BCUT2D eigenvalue weighted by molar-refractivity contribution is 4.64. The molecule has 0 aliphatic heterocycles. The predicted octanol–water partition coefficient (Wildman–Crippen LogP) is 2.85. The van der Waals surface area contributed by atoms with Gasteiger partial charge in [0.2, 0.25) is 0 Å². The quantitative estimate of drug-likeness (QED) is 0.592. The van der Waals surface area contributed by atoms with E-state index in [4.69, 9.17) is 4.74 Å². The molecule has 0 aromatic heterocycles. The smallest absolute Gasteiger partial charge is 0.0494 e. The minimum Gasteiger partial charge on any atom is -0.381 e. The van der Waals surface area contributed by atoms with Crippen molar-refractivity contribution >= 4 is 0 Å². The Kier molecular flexibility index (Phi) is 3.81. The molecule has 0 aromatic rings. The number of rotatable bonds is 3. The Labute approximate surface area is 65.3 Å². The highest BCUT2D eigenvalue weighted by Gasteiger charge is 2.12. The Balaban J connectivity index is 0.000001000. The van der Waals surface area contributed by atoms with Gasteiger partial charge in [-0.2, -0.15) is 0 Å². The van der Waals surface area contributed by atoms with Gasteiger partial charge in [0.25, 0.3) is 0 Å². The van der Waals surface area contributed by atoms with Gasteiger partial charge in [0, 0.05) is 14.6 Å². The lowest BCUT2D eigenvalue weighted by atomic mass is 9.90. The van der Waals surface area contributed by atoms with E-state index in [2.05, 4.69) is 6.92 Å². The van der Waals surface area contributed by atoms with Crippen molar-refractivity contribution in [2.24, 2.45) is 5.92 Å². The van der Waals surface area contributed by atoms with Crippen molar-refractivity contribution in [3.63, 3.8) is 0 Å². The zero-order chi connectivity index (χ0) is 7.23. The maximum Gasteiger partial charge on any atom is 0.0494 e. The van der Waals surface area contributed by atoms with Crippen LogP contribution in [0.1, 0.15) is 40.5 Å². The third kappa shape index (κ3) is 2.70. The third-order valence-corrected chi connectivity index (χ3v) is 2.28. The molecule has 0 saturated heterocycles. The van der Waals surface area contributed by atoms with Crippen molar-refractivity contribution < 1.29 is 6.16 Å². The van der Waals surface area contributed by atoms with Crippen molar-refractivity contribution in [1.82, 2.24) is 0 Å². The lowest BCUT2D eigenvalue weighted by Crippen LogP contribution is -2.12. The fourth-order valence-corrected chi connectivity index (χ4v) is 1.64. The summed E-state index contributed by atoms with van der Waals surface area (Å²) in [6.07, 6.45) is 7.11. The zero-order valence-electron chi connectivity index (χ0n) is 6.94. The summed E-state index contributed by atoms with van der Waals surface area (Å²) in [7, 11) is 0. The molecule has 0 bridgehead atoms. The van der Waals surface area contributed by atoms with E-state index in [1.165, 1.54) is 32.1 Å². The second-order valence-electron chi connectivity index (χ2n) is 3.16. The molecule has 1 aliphatic rings. The largest absolute Gasteiger partial charge is 0.381 e. The van der Waals surface area contributed by atoms with Gasteiger partial charge in [0.1, 0.15) is 0 Å². The van der Waals surface area contributed by atoms with Crippen LogP contribution in [0, 0.1) is 5.92 Å². The first-order valence-corrected chi connectivity index (χ1v) is 4.51. The van der Waals surface area contributed by atoms with E-state index in [0.29, 0.717) is 0 Å². The fourth-order valence-electron chi connectivity index (χ4n) is 1.64. The van der Waals surface area contributed by atoms with Crippen molar-refractivity contribution in [3.8, 4) is 0 Å².